The molecule has 12 heavy (non-hydrogen) atoms. The van der Waals surface area contributed by atoms with E-state index in [4.69, 9.17) is 23.7 Å². The number of thiocarbonyl (C=S) groups is 1. The van der Waals surface area contributed by atoms with E-state index in [1.165, 1.54) is 0 Å². The first-order valence-electron chi connectivity index (χ1n) is 2.88. The number of hydrogen-bond acceptors (Lipinski definition) is 5. The van der Waals surface area contributed by atoms with Crippen LogP contribution in [-0.4, -0.2) is 26.8 Å². The van der Waals surface area contributed by atoms with Gasteiger partial charge in [0, 0.05) is 0 Å². The van der Waals surface area contributed by atoms with Crippen LogP contribution in [0.3, 0.4) is 0 Å². The van der Waals surface area contributed by atoms with Crippen molar-refractivity contribution < 1.29 is 9.59 Å². The Morgan fingerprint density at radius 3 is 1.67 bits per heavy atom. The predicted molar refractivity (Wildman–Crippen MR) is 55.9 cm³/mol. The lowest BCUT2D eigenvalue weighted by molar-refractivity contribution is -0.116. The highest BCUT2D eigenvalue weighted by atomic mass is 32.2. The van der Waals surface area contributed by atoms with Gasteiger partial charge in [-0.25, -0.2) is 0 Å². The molecule has 0 radical (unpaired) electrons. The van der Waals surface area contributed by atoms with E-state index in [9.17, 15) is 9.59 Å². The minimum atomic E-state index is -0.429. The molecule has 0 spiro atoms. The van der Waals surface area contributed by atoms with E-state index in [0.29, 0.717) is 3.53 Å². The second kappa shape index (κ2) is 6.27. The molecule has 0 aliphatic carbocycles. The molecular weight excluding hydrogens is 216 g/mol. The van der Waals surface area contributed by atoms with Gasteiger partial charge in [-0.05, 0) is 0 Å². The fourth-order valence-electron chi connectivity index (χ4n) is 0.302. The lowest BCUT2D eigenvalue weighted by Gasteiger charge is -1.98. The quantitative estimate of drug-likeness (QED) is 0.641. The molecule has 7 heteroatoms. The van der Waals surface area contributed by atoms with Crippen LogP contribution in [0.2, 0.25) is 0 Å². The van der Waals surface area contributed by atoms with Crippen LogP contribution < -0.4 is 11.5 Å². The fraction of sp³-hybridized carbons (Fsp3) is 0.400. The van der Waals surface area contributed by atoms with Crippen LogP contribution >= 0.6 is 35.7 Å². The van der Waals surface area contributed by atoms with Gasteiger partial charge in [-0.2, -0.15) is 0 Å². The van der Waals surface area contributed by atoms with Gasteiger partial charge in [-0.15, -0.1) is 0 Å². The van der Waals surface area contributed by atoms with E-state index in [1.807, 2.05) is 0 Å². The SMILES string of the molecule is NC(=O)CSC(=S)SCC(N)=O. The Morgan fingerprint density at radius 2 is 1.42 bits per heavy atom. The highest BCUT2D eigenvalue weighted by molar-refractivity contribution is 8.47. The summed E-state index contributed by atoms with van der Waals surface area (Å²) in [5, 5.41) is 0. The molecule has 68 valence electrons. The molecule has 0 fully saturated rings. The third kappa shape index (κ3) is 7.83. The monoisotopic (exact) mass is 224 g/mol. The molecule has 0 heterocycles. The van der Waals surface area contributed by atoms with Gasteiger partial charge < -0.3 is 11.5 Å². The topological polar surface area (TPSA) is 86.2 Å². The maximum Gasteiger partial charge on any atom is 0.227 e. The second-order valence-electron chi connectivity index (χ2n) is 1.76. The Balaban J connectivity index is 3.47. The number of nitrogens with two attached hydrogens (primary N) is 2. The summed E-state index contributed by atoms with van der Waals surface area (Å²) in [6.07, 6.45) is 0. The highest BCUT2D eigenvalue weighted by Gasteiger charge is 2.03. The van der Waals surface area contributed by atoms with E-state index < -0.39 is 11.8 Å². The number of rotatable bonds is 4. The first kappa shape index (κ1) is 11.7. The molecule has 2 amide bonds. The molecule has 0 saturated heterocycles. The average Bonchev–Trinajstić information content (AvgIpc) is 1.96. The van der Waals surface area contributed by atoms with Crippen molar-refractivity contribution in [3.05, 3.63) is 0 Å². The molecule has 0 saturated carbocycles. The second-order valence-corrected chi connectivity index (χ2v) is 4.91. The molecule has 0 aliphatic rings. The molecule has 0 aromatic heterocycles. The third-order valence-corrected chi connectivity index (χ3v) is 3.41. The summed E-state index contributed by atoms with van der Waals surface area (Å²) in [5.41, 5.74) is 9.75. The smallest absolute Gasteiger partial charge is 0.227 e. The number of thioether (sulfide) groups is 2. The highest BCUT2D eigenvalue weighted by Crippen LogP contribution is 2.15. The molecule has 0 aromatic carbocycles. The zero-order valence-corrected chi connectivity index (χ0v) is 8.56. The molecular formula is C5H8N2O2S3. The first-order valence-corrected chi connectivity index (χ1v) is 5.26. The van der Waals surface area contributed by atoms with Gasteiger partial charge in [0.25, 0.3) is 0 Å². The van der Waals surface area contributed by atoms with Gasteiger partial charge >= 0.3 is 0 Å². The zero-order valence-electron chi connectivity index (χ0n) is 6.11. The summed E-state index contributed by atoms with van der Waals surface area (Å²) in [5.74, 6) is -0.570. The summed E-state index contributed by atoms with van der Waals surface area (Å²) in [7, 11) is 0. The van der Waals surface area contributed by atoms with Gasteiger partial charge in [0.05, 0.1) is 11.5 Å². The van der Waals surface area contributed by atoms with E-state index >= 15 is 0 Å². The van der Waals surface area contributed by atoms with E-state index in [0.717, 1.165) is 23.5 Å². The Hall–Kier alpha value is -0.270. The van der Waals surface area contributed by atoms with Crippen molar-refractivity contribution in [1.29, 1.82) is 0 Å². The van der Waals surface area contributed by atoms with Gasteiger partial charge in [-0.3, -0.25) is 9.59 Å². The molecule has 0 atom stereocenters. The minimum absolute atomic E-state index is 0.143. The summed E-state index contributed by atoms with van der Waals surface area (Å²) < 4.78 is 0.507. The normalized spacial score (nSPS) is 9.33. The van der Waals surface area contributed by atoms with Crippen LogP contribution in [0.4, 0.5) is 0 Å². The molecule has 0 aromatic rings. The van der Waals surface area contributed by atoms with Crippen LogP contribution in [0.5, 0.6) is 0 Å². The Bertz CT molecular complexity index is 187. The van der Waals surface area contributed by atoms with Crippen LogP contribution in [0.25, 0.3) is 0 Å². The van der Waals surface area contributed by atoms with Crippen molar-refractivity contribution in [2.24, 2.45) is 11.5 Å². The van der Waals surface area contributed by atoms with Crippen molar-refractivity contribution in [3.8, 4) is 0 Å². The van der Waals surface area contributed by atoms with Crippen LogP contribution in [-0.2, 0) is 9.59 Å². The van der Waals surface area contributed by atoms with Gasteiger partial charge in [0.15, 0.2) is 0 Å². The molecule has 0 bridgehead atoms. The predicted octanol–water partition coefficient (Wildman–Crippen LogP) is -0.292. The molecule has 0 unspecified atom stereocenters. The van der Waals surface area contributed by atoms with Gasteiger partial charge in [-0.1, -0.05) is 35.7 Å². The minimum Gasteiger partial charge on any atom is -0.369 e. The van der Waals surface area contributed by atoms with Crippen molar-refractivity contribution in [1.82, 2.24) is 0 Å². The van der Waals surface area contributed by atoms with Crippen molar-refractivity contribution in [2.75, 3.05) is 11.5 Å². The van der Waals surface area contributed by atoms with Gasteiger partial charge in [0.1, 0.15) is 3.53 Å². The Morgan fingerprint density at radius 1 is 1.08 bits per heavy atom. The molecule has 0 aliphatic heterocycles. The maximum atomic E-state index is 10.3. The summed E-state index contributed by atoms with van der Waals surface area (Å²) in [6, 6.07) is 0. The lowest BCUT2D eigenvalue weighted by atomic mass is 10.8. The largest absolute Gasteiger partial charge is 0.369 e. The number of amides is 2. The summed E-state index contributed by atoms with van der Waals surface area (Å²) in [4.78, 5) is 20.6. The van der Waals surface area contributed by atoms with Crippen LogP contribution in [0.1, 0.15) is 0 Å². The van der Waals surface area contributed by atoms with Gasteiger partial charge in [0.2, 0.25) is 11.8 Å². The van der Waals surface area contributed by atoms with Crippen LogP contribution in [0, 0.1) is 0 Å². The lowest BCUT2D eigenvalue weighted by Crippen LogP contribution is -2.15. The third-order valence-electron chi connectivity index (χ3n) is 0.665. The molecule has 4 nitrogen and oxygen atoms in total. The standard InChI is InChI=1S/C5H8N2O2S3/c6-3(8)1-11-5(10)12-2-4(7)9/h1-2H2,(H2,6,8)(H2,7,9). The van der Waals surface area contributed by atoms with E-state index in [2.05, 4.69) is 0 Å². The number of carbonyl (C=O) groups is 2. The number of primary amides is 2. The Labute approximate surface area is 83.8 Å². The van der Waals surface area contributed by atoms with Crippen molar-refractivity contribution in [2.45, 2.75) is 0 Å². The summed E-state index contributed by atoms with van der Waals surface area (Å²) >= 11 is 7.08. The average molecular weight is 224 g/mol. The van der Waals surface area contributed by atoms with Crippen LogP contribution in [0.15, 0.2) is 0 Å². The van der Waals surface area contributed by atoms with E-state index in [-0.39, 0.29) is 11.5 Å². The fourth-order valence-corrected chi connectivity index (χ4v) is 1.86. The molecule has 0 rings (SSSR count). The number of carbonyl (C=O) groups excluding carboxylic acids is 2. The van der Waals surface area contributed by atoms with Crippen molar-refractivity contribution in [3.63, 3.8) is 0 Å². The molecule has 4 N–H and O–H groups in total. The Kier molecular flexibility index (Phi) is 6.13. The maximum absolute atomic E-state index is 10.3. The first-order chi connectivity index (χ1) is 5.52. The summed E-state index contributed by atoms with van der Waals surface area (Å²) in [6.45, 7) is 0. The van der Waals surface area contributed by atoms with Crippen molar-refractivity contribution >= 4 is 51.1 Å². The zero-order chi connectivity index (χ0) is 9.56. The van der Waals surface area contributed by atoms with E-state index in [1.54, 1.807) is 0 Å². The number of hydrogen-bond donors (Lipinski definition) is 2.